The smallest absolute Gasteiger partial charge is 0.291 e. The molecule has 2 rings (SSSR count). The van der Waals surface area contributed by atoms with Gasteiger partial charge in [0, 0.05) is 5.02 Å². The molecule has 1 atom stereocenters. The van der Waals surface area contributed by atoms with Crippen molar-refractivity contribution in [3.8, 4) is 0 Å². The third kappa shape index (κ3) is 3.21. The van der Waals surface area contributed by atoms with E-state index in [9.17, 15) is 8.42 Å². The van der Waals surface area contributed by atoms with Crippen LogP contribution in [0.2, 0.25) is 10.0 Å². The topological polar surface area (TPSA) is 38.5 Å². The maximum absolute atomic E-state index is 12.6. The lowest BCUT2D eigenvalue weighted by molar-refractivity contribution is 0.590. The third-order valence-electron chi connectivity index (χ3n) is 2.99. The zero-order chi connectivity index (χ0) is 15.6. The minimum Gasteiger partial charge on any atom is -0.291 e. The molecule has 2 aromatic rings. The van der Waals surface area contributed by atoms with Gasteiger partial charge in [-0.3, -0.25) is 4.85 Å². The lowest BCUT2D eigenvalue weighted by Crippen LogP contribution is -2.11. The molecule has 21 heavy (non-hydrogen) atoms. The number of sulfone groups is 1. The molecule has 2 aromatic carbocycles. The van der Waals surface area contributed by atoms with Crippen molar-refractivity contribution >= 4 is 33.0 Å². The first kappa shape index (κ1) is 15.8. The minimum absolute atomic E-state index is 0.0973. The van der Waals surface area contributed by atoms with Crippen molar-refractivity contribution in [3.63, 3.8) is 0 Å². The second-order valence-electron chi connectivity index (χ2n) is 4.51. The van der Waals surface area contributed by atoms with Crippen LogP contribution in [-0.4, -0.2) is 8.42 Å². The molecule has 1 unspecified atom stereocenters. The molecule has 0 radical (unpaired) electrons. The summed E-state index contributed by atoms with van der Waals surface area (Å²) in [7, 11) is -3.84. The summed E-state index contributed by atoms with van der Waals surface area (Å²) >= 11 is 11.8. The second-order valence-corrected chi connectivity index (χ2v) is 7.36. The average molecular weight is 340 g/mol. The summed E-state index contributed by atoms with van der Waals surface area (Å²) in [5, 5.41) is -0.829. The molecule has 0 aliphatic rings. The Balaban J connectivity index is 2.55. The van der Waals surface area contributed by atoms with Crippen molar-refractivity contribution < 1.29 is 8.42 Å². The number of halogens is 2. The van der Waals surface area contributed by atoms with Gasteiger partial charge in [-0.1, -0.05) is 40.9 Å². The van der Waals surface area contributed by atoms with Crippen LogP contribution in [0.25, 0.3) is 4.85 Å². The molecule has 0 aromatic heterocycles. The first-order valence-electron chi connectivity index (χ1n) is 5.98. The fraction of sp³-hybridized carbons (Fsp3) is 0.133. The van der Waals surface area contributed by atoms with E-state index < -0.39 is 15.2 Å². The fourth-order valence-electron chi connectivity index (χ4n) is 1.86. The van der Waals surface area contributed by atoms with Gasteiger partial charge in [-0.15, -0.1) is 0 Å². The van der Waals surface area contributed by atoms with E-state index in [1.54, 1.807) is 12.1 Å². The summed E-state index contributed by atoms with van der Waals surface area (Å²) in [6.07, 6.45) is 0. The molecular formula is C15H11Cl2NO2S. The van der Waals surface area contributed by atoms with Crippen molar-refractivity contribution in [1.82, 2.24) is 0 Å². The minimum atomic E-state index is -3.84. The van der Waals surface area contributed by atoms with Crippen LogP contribution in [0.1, 0.15) is 16.5 Å². The van der Waals surface area contributed by atoms with Gasteiger partial charge in [0.05, 0.1) is 15.5 Å². The fourth-order valence-corrected chi connectivity index (χ4v) is 3.89. The van der Waals surface area contributed by atoms with Gasteiger partial charge >= 0.3 is 5.37 Å². The molecule has 3 nitrogen and oxygen atoms in total. The summed E-state index contributed by atoms with van der Waals surface area (Å²) in [6.45, 7) is 9.11. The normalized spacial score (nSPS) is 12.7. The van der Waals surface area contributed by atoms with E-state index in [4.69, 9.17) is 29.8 Å². The SMILES string of the molecule is [C-]#[N+]C(c1ccc(Cl)cc1Cl)S(=O)(=O)c1ccc(C)cc1. The van der Waals surface area contributed by atoms with Crippen LogP contribution in [0.3, 0.4) is 0 Å². The molecule has 0 heterocycles. The van der Waals surface area contributed by atoms with Crippen LogP contribution in [-0.2, 0) is 9.84 Å². The largest absolute Gasteiger partial charge is 0.351 e. The Morgan fingerprint density at radius 2 is 1.71 bits per heavy atom. The number of hydrogen-bond donors (Lipinski definition) is 0. The molecule has 0 aliphatic carbocycles. The van der Waals surface area contributed by atoms with E-state index in [2.05, 4.69) is 4.85 Å². The van der Waals surface area contributed by atoms with Gasteiger partial charge in [-0.2, -0.15) is 0 Å². The zero-order valence-electron chi connectivity index (χ0n) is 11.0. The molecule has 0 bridgehead atoms. The molecule has 108 valence electrons. The second kappa shape index (κ2) is 6.07. The van der Waals surface area contributed by atoms with Gasteiger partial charge in [-0.25, -0.2) is 15.0 Å². The summed E-state index contributed by atoms with van der Waals surface area (Å²) in [6, 6.07) is 10.8. The summed E-state index contributed by atoms with van der Waals surface area (Å²) < 4.78 is 25.2. The van der Waals surface area contributed by atoms with Crippen LogP contribution < -0.4 is 0 Å². The van der Waals surface area contributed by atoms with E-state index in [-0.39, 0.29) is 15.5 Å². The highest BCUT2D eigenvalue weighted by Crippen LogP contribution is 2.35. The highest BCUT2D eigenvalue weighted by molar-refractivity contribution is 7.91. The van der Waals surface area contributed by atoms with Crippen LogP contribution >= 0.6 is 23.2 Å². The molecule has 0 N–H and O–H groups in total. The van der Waals surface area contributed by atoms with E-state index in [1.807, 2.05) is 6.92 Å². The lowest BCUT2D eigenvalue weighted by Gasteiger charge is -2.10. The first-order valence-corrected chi connectivity index (χ1v) is 8.28. The molecular weight excluding hydrogens is 329 g/mol. The molecule has 0 spiro atoms. The Kier molecular flexibility index (Phi) is 4.58. The maximum atomic E-state index is 12.6. The van der Waals surface area contributed by atoms with Crippen molar-refractivity contribution in [3.05, 3.63) is 75.1 Å². The molecule has 6 heteroatoms. The number of benzene rings is 2. The molecule has 0 fully saturated rings. The van der Waals surface area contributed by atoms with Gasteiger partial charge in [0.25, 0.3) is 9.84 Å². The van der Waals surface area contributed by atoms with E-state index in [1.165, 1.54) is 30.3 Å². The standard InChI is InChI=1S/C15H11Cl2NO2S/c1-10-3-6-12(7-4-10)21(19,20)15(18-2)13-8-5-11(16)9-14(13)17/h3-9,15H,1H3. The van der Waals surface area contributed by atoms with Gasteiger partial charge in [-0.05, 0) is 37.3 Å². The van der Waals surface area contributed by atoms with Gasteiger partial charge in [0.1, 0.15) is 0 Å². The van der Waals surface area contributed by atoms with E-state index >= 15 is 0 Å². The zero-order valence-corrected chi connectivity index (χ0v) is 13.4. The van der Waals surface area contributed by atoms with Crippen molar-refractivity contribution in [2.75, 3.05) is 0 Å². The molecule has 0 saturated heterocycles. The van der Waals surface area contributed by atoms with Crippen molar-refractivity contribution in [2.24, 2.45) is 0 Å². The Bertz CT molecular complexity index is 809. The summed E-state index contributed by atoms with van der Waals surface area (Å²) in [5.74, 6) is 0. The van der Waals surface area contributed by atoms with E-state index in [0.717, 1.165) is 5.56 Å². The van der Waals surface area contributed by atoms with Crippen LogP contribution in [0, 0.1) is 13.5 Å². The predicted octanol–water partition coefficient (Wildman–Crippen LogP) is 4.69. The number of hydrogen-bond acceptors (Lipinski definition) is 2. The highest BCUT2D eigenvalue weighted by atomic mass is 35.5. The van der Waals surface area contributed by atoms with Crippen molar-refractivity contribution in [2.45, 2.75) is 17.2 Å². The number of aryl methyl sites for hydroxylation is 1. The molecule has 0 amide bonds. The van der Waals surface area contributed by atoms with Gasteiger partial charge in [0.15, 0.2) is 0 Å². The van der Waals surface area contributed by atoms with Gasteiger partial charge in [0.2, 0.25) is 0 Å². The lowest BCUT2D eigenvalue weighted by atomic mass is 10.2. The van der Waals surface area contributed by atoms with Crippen LogP contribution in [0.4, 0.5) is 0 Å². The van der Waals surface area contributed by atoms with Crippen LogP contribution in [0.15, 0.2) is 47.4 Å². The summed E-state index contributed by atoms with van der Waals surface area (Å²) in [5.41, 5.74) is 1.18. The maximum Gasteiger partial charge on any atom is 0.351 e. The highest BCUT2D eigenvalue weighted by Gasteiger charge is 2.36. The summed E-state index contributed by atoms with van der Waals surface area (Å²) in [4.78, 5) is 3.35. The average Bonchev–Trinajstić information content (AvgIpc) is 2.42. The van der Waals surface area contributed by atoms with Crippen LogP contribution in [0.5, 0.6) is 0 Å². The Labute approximate surface area is 133 Å². The van der Waals surface area contributed by atoms with E-state index in [0.29, 0.717) is 5.02 Å². The van der Waals surface area contributed by atoms with Crippen molar-refractivity contribution in [1.29, 1.82) is 0 Å². The number of rotatable bonds is 3. The Hall–Kier alpha value is -1.54. The monoisotopic (exact) mass is 339 g/mol. The number of nitrogens with zero attached hydrogens (tertiary/aromatic N) is 1. The first-order chi connectivity index (χ1) is 9.86. The quantitative estimate of drug-likeness (QED) is 0.760. The molecule has 0 aliphatic heterocycles. The predicted molar refractivity (Wildman–Crippen MR) is 84.2 cm³/mol. The molecule has 0 saturated carbocycles. The van der Waals surface area contributed by atoms with Gasteiger partial charge < -0.3 is 0 Å². The Morgan fingerprint density at radius 3 is 2.24 bits per heavy atom. The Morgan fingerprint density at radius 1 is 1.10 bits per heavy atom. The third-order valence-corrected chi connectivity index (χ3v) is 5.43.